The molecule has 90 valence electrons. The molecule has 0 heterocycles. The summed E-state index contributed by atoms with van der Waals surface area (Å²) in [5.41, 5.74) is 0.197. The van der Waals surface area contributed by atoms with Gasteiger partial charge in [0, 0.05) is 6.26 Å². The van der Waals surface area contributed by atoms with E-state index < -0.39 is 31.0 Å². The fourth-order valence-corrected chi connectivity index (χ4v) is 3.93. The molecule has 0 spiro atoms. The zero-order chi connectivity index (χ0) is 12.4. The summed E-state index contributed by atoms with van der Waals surface area (Å²) in [5.74, 6) is -0.692. The Morgan fingerprint density at radius 1 is 1.12 bits per heavy atom. The monoisotopic (exact) mass is 286 g/mol. The Hall–Kier alpha value is 0.0800. The van der Waals surface area contributed by atoms with E-state index >= 15 is 0 Å². The molecule has 0 bridgehead atoms. The molecule has 0 aromatic heterocycles. The Morgan fingerprint density at radius 2 is 1.59 bits per heavy atom. The number of hydrogen-bond donors (Lipinski definition) is 0. The second kappa shape index (κ2) is 6.31. The van der Waals surface area contributed by atoms with Gasteiger partial charge in [0.2, 0.25) is 0 Å². The zero-order valence-electron chi connectivity index (χ0n) is 9.53. The first-order valence-corrected chi connectivity index (χ1v) is 7.91. The fourth-order valence-electron chi connectivity index (χ4n) is 1.29. The topological polar surface area (TPSA) is 91.3 Å². The van der Waals surface area contributed by atoms with Crippen LogP contribution in [0.4, 0.5) is 0 Å². The maximum Gasteiger partial charge on any atom is 1.00 e. The van der Waals surface area contributed by atoms with E-state index in [2.05, 4.69) is 0 Å². The Labute approximate surface area is 123 Å². The van der Waals surface area contributed by atoms with Crippen LogP contribution in [0.3, 0.4) is 0 Å². The quantitative estimate of drug-likeness (QED) is 0.444. The van der Waals surface area contributed by atoms with Gasteiger partial charge >= 0.3 is 29.6 Å². The van der Waals surface area contributed by atoms with Crippen molar-refractivity contribution in [3.8, 4) is 0 Å². The van der Waals surface area contributed by atoms with Crippen molar-refractivity contribution in [2.24, 2.45) is 0 Å². The predicted octanol–water partition coefficient (Wildman–Crippen LogP) is -2.68. The largest absolute Gasteiger partial charge is 1.00 e. The molecular formula is C9H11NaO5S2. The molecule has 1 rings (SSSR count). The summed E-state index contributed by atoms with van der Waals surface area (Å²) in [6.07, 6.45) is 0.897. The molecule has 0 aliphatic rings. The molecular weight excluding hydrogens is 275 g/mol. The third-order valence-corrected chi connectivity index (χ3v) is 4.26. The molecule has 0 aliphatic heterocycles. The minimum absolute atomic E-state index is 0. The van der Waals surface area contributed by atoms with Gasteiger partial charge in [0.15, 0.2) is 0 Å². The van der Waals surface area contributed by atoms with Crippen LogP contribution in [-0.2, 0) is 20.0 Å². The maximum atomic E-state index is 11.1. The summed E-state index contributed by atoms with van der Waals surface area (Å²) >= 11 is 0. The van der Waals surface area contributed by atoms with Gasteiger partial charge in [-0.1, -0.05) is 30.3 Å². The van der Waals surface area contributed by atoms with Crippen molar-refractivity contribution >= 4 is 20.0 Å². The number of benzene rings is 1. The van der Waals surface area contributed by atoms with Gasteiger partial charge in [0.1, 0.15) is 20.0 Å². The maximum absolute atomic E-state index is 11.1. The third-order valence-electron chi connectivity index (χ3n) is 1.97. The van der Waals surface area contributed by atoms with Crippen LogP contribution in [0.1, 0.15) is 10.8 Å². The van der Waals surface area contributed by atoms with Crippen molar-refractivity contribution in [2.45, 2.75) is 5.25 Å². The van der Waals surface area contributed by atoms with Gasteiger partial charge in [0.25, 0.3) is 0 Å². The first-order valence-electron chi connectivity index (χ1n) is 4.37. The Bertz CT molecular complexity index is 550. The van der Waals surface area contributed by atoms with Crippen molar-refractivity contribution < 1.29 is 50.9 Å². The molecule has 0 N–H and O–H groups in total. The number of hydrogen-bond acceptors (Lipinski definition) is 5. The molecule has 0 radical (unpaired) electrons. The van der Waals surface area contributed by atoms with Crippen molar-refractivity contribution in [3.05, 3.63) is 35.9 Å². The standard InChI is InChI=1S/C9H12O5S2.Na/c1-15(10,11)7-9(16(12,13)14)8-5-3-2-4-6-8;/h2-6,9H,7H2,1H3,(H,12,13,14);/q;+1/p-1. The van der Waals surface area contributed by atoms with E-state index in [1.165, 1.54) is 12.1 Å². The number of rotatable bonds is 4. The smallest absolute Gasteiger partial charge is 0.747 e. The van der Waals surface area contributed by atoms with Crippen LogP contribution in [-0.4, -0.2) is 33.4 Å². The average Bonchev–Trinajstić information content (AvgIpc) is 2.13. The average molecular weight is 286 g/mol. The van der Waals surface area contributed by atoms with E-state index in [0.717, 1.165) is 6.26 Å². The molecule has 5 nitrogen and oxygen atoms in total. The van der Waals surface area contributed by atoms with E-state index in [1.807, 2.05) is 0 Å². The van der Waals surface area contributed by atoms with E-state index in [0.29, 0.717) is 0 Å². The van der Waals surface area contributed by atoms with Crippen LogP contribution in [0.5, 0.6) is 0 Å². The van der Waals surface area contributed by atoms with Crippen LogP contribution in [0, 0.1) is 0 Å². The Kier molecular flexibility index (Phi) is 6.34. The van der Waals surface area contributed by atoms with Crippen molar-refractivity contribution in [1.29, 1.82) is 0 Å². The molecule has 0 saturated carbocycles. The molecule has 0 aliphatic carbocycles. The Balaban J connectivity index is 0.00000256. The van der Waals surface area contributed by atoms with Crippen molar-refractivity contribution in [2.75, 3.05) is 12.0 Å². The first-order chi connectivity index (χ1) is 7.20. The minimum Gasteiger partial charge on any atom is -0.747 e. The van der Waals surface area contributed by atoms with E-state index in [9.17, 15) is 21.4 Å². The van der Waals surface area contributed by atoms with Gasteiger partial charge in [-0.3, -0.25) is 0 Å². The molecule has 17 heavy (non-hydrogen) atoms. The molecule has 8 heteroatoms. The molecule has 1 aromatic rings. The second-order valence-electron chi connectivity index (χ2n) is 3.48. The van der Waals surface area contributed by atoms with Gasteiger partial charge in [-0.25, -0.2) is 16.8 Å². The first kappa shape index (κ1) is 17.1. The summed E-state index contributed by atoms with van der Waals surface area (Å²) in [7, 11) is -8.21. The van der Waals surface area contributed by atoms with Crippen LogP contribution in [0.2, 0.25) is 0 Å². The van der Waals surface area contributed by atoms with Gasteiger partial charge in [-0.15, -0.1) is 0 Å². The summed E-state index contributed by atoms with van der Waals surface area (Å²) in [4.78, 5) is 0. The molecule has 0 fully saturated rings. The zero-order valence-corrected chi connectivity index (χ0v) is 13.2. The molecule has 1 unspecified atom stereocenters. The normalized spacial score (nSPS) is 13.8. The van der Waals surface area contributed by atoms with Gasteiger partial charge in [-0.2, -0.15) is 0 Å². The van der Waals surface area contributed by atoms with E-state index in [-0.39, 0.29) is 35.1 Å². The molecule has 1 aromatic carbocycles. The Morgan fingerprint density at radius 3 is 1.94 bits per heavy atom. The van der Waals surface area contributed by atoms with Crippen molar-refractivity contribution in [3.63, 3.8) is 0 Å². The SMILES string of the molecule is CS(=O)(=O)CC(c1ccccc1)S(=O)(=O)[O-].[Na+]. The molecule has 0 amide bonds. The van der Waals surface area contributed by atoms with Gasteiger partial charge in [0.05, 0.1) is 11.0 Å². The van der Waals surface area contributed by atoms with E-state index in [1.54, 1.807) is 18.2 Å². The van der Waals surface area contributed by atoms with Crippen LogP contribution in [0.25, 0.3) is 0 Å². The minimum atomic E-state index is -4.68. The van der Waals surface area contributed by atoms with Crippen LogP contribution < -0.4 is 29.6 Å². The summed E-state index contributed by atoms with van der Waals surface area (Å²) in [6.45, 7) is 0. The summed E-state index contributed by atoms with van der Waals surface area (Å²) in [5, 5.41) is -1.54. The third kappa shape index (κ3) is 5.98. The summed E-state index contributed by atoms with van der Waals surface area (Å²) in [6, 6.07) is 7.60. The predicted molar refractivity (Wildman–Crippen MR) is 58.6 cm³/mol. The second-order valence-corrected chi connectivity index (χ2v) is 7.22. The van der Waals surface area contributed by atoms with Crippen LogP contribution in [0.15, 0.2) is 30.3 Å². The summed E-state index contributed by atoms with van der Waals surface area (Å²) < 4.78 is 55.1. The van der Waals surface area contributed by atoms with Crippen LogP contribution >= 0.6 is 0 Å². The fraction of sp³-hybridized carbons (Fsp3) is 0.333. The molecule has 1 atom stereocenters. The van der Waals surface area contributed by atoms with Crippen molar-refractivity contribution in [1.82, 2.24) is 0 Å². The number of sulfone groups is 1. The van der Waals surface area contributed by atoms with E-state index in [4.69, 9.17) is 0 Å². The van der Waals surface area contributed by atoms with Gasteiger partial charge in [-0.05, 0) is 5.56 Å². The van der Waals surface area contributed by atoms with Gasteiger partial charge < -0.3 is 4.55 Å². The molecule has 0 saturated heterocycles.